The lowest BCUT2D eigenvalue weighted by Crippen LogP contribution is -2.22. The van der Waals surface area contributed by atoms with E-state index in [1.165, 1.54) is 0 Å². The maximum absolute atomic E-state index is 13.9. The van der Waals surface area contributed by atoms with Crippen molar-refractivity contribution in [3.8, 4) is 0 Å². The van der Waals surface area contributed by atoms with E-state index in [-0.39, 0.29) is 11.7 Å². The molecule has 17 heavy (non-hydrogen) atoms. The van der Waals surface area contributed by atoms with Crippen molar-refractivity contribution >= 4 is 0 Å². The molecule has 0 saturated carbocycles. The maximum Gasteiger partial charge on any atom is 0.127 e. The highest BCUT2D eigenvalue weighted by molar-refractivity contribution is 5.36. The van der Waals surface area contributed by atoms with Crippen molar-refractivity contribution < 1.29 is 9.13 Å². The summed E-state index contributed by atoms with van der Waals surface area (Å²) in [5.41, 5.74) is 2.87. The highest BCUT2D eigenvalue weighted by Gasteiger charge is 2.26. The third kappa shape index (κ3) is 3.06. The second kappa shape index (κ2) is 6.15. The van der Waals surface area contributed by atoms with Crippen LogP contribution in [0.25, 0.3) is 0 Å². The summed E-state index contributed by atoms with van der Waals surface area (Å²) in [6.45, 7) is 11.3. The summed E-state index contributed by atoms with van der Waals surface area (Å²) in [6.07, 6.45) is 0. The van der Waals surface area contributed by atoms with Gasteiger partial charge in [0.1, 0.15) is 5.82 Å². The molecule has 0 bridgehead atoms. The van der Waals surface area contributed by atoms with Crippen LogP contribution in [0.3, 0.4) is 0 Å². The maximum atomic E-state index is 13.9. The molecular formula is C15H23FO. The number of hydrogen-bond donors (Lipinski definition) is 0. The summed E-state index contributed by atoms with van der Waals surface area (Å²) in [6, 6.07) is 3.66. The third-order valence-electron chi connectivity index (χ3n) is 3.09. The number of rotatable bonds is 1. The van der Waals surface area contributed by atoms with Gasteiger partial charge in [-0.05, 0) is 35.6 Å². The van der Waals surface area contributed by atoms with Crippen LogP contribution < -0.4 is 0 Å². The Morgan fingerprint density at radius 3 is 2.53 bits per heavy atom. The highest BCUT2D eigenvalue weighted by atomic mass is 19.1. The lowest BCUT2D eigenvalue weighted by Gasteiger charge is -2.29. The summed E-state index contributed by atoms with van der Waals surface area (Å²) in [4.78, 5) is 0. The highest BCUT2D eigenvalue weighted by Crippen LogP contribution is 2.34. The van der Waals surface area contributed by atoms with Gasteiger partial charge in [-0.25, -0.2) is 4.39 Å². The number of halogens is 1. The minimum absolute atomic E-state index is 0.0630. The fourth-order valence-corrected chi connectivity index (χ4v) is 2.26. The molecular weight excluding hydrogens is 215 g/mol. The van der Waals surface area contributed by atoms with Gasteiger partial charge in [0.2, 0.25) is 0 Å². The van der Waals surface area contributed by atoms with Crippen molar-refractivity contribution in [3.05, 3.63) is 34.6 Å². The van der Waals surface area contributed by atoms with E-state index in [4.69, 9.17) is 4.74 Å². The fourth-order valence-electron chi connectivity index (χ4n) is 2.26. The Hall–Kier alpha value is -0.890. The number of ether oxygens (including phenoxy) is 1. The van der Waals surface area contributed by atoms with Crippen LogP contribution >= 0.6 is 0 Å². The zero-order valence-electron chi connectivity index (χ0n) is 11.5. The van der Waals surface area contributed by atoms with Crippen LogP contribution in [0, 0.1) is 18.7 Å². The molecule has 1 atom stereocenters. The van der Waals surface area contributed by atoms with Crippen molar-refractivity contribution in [2.45, 2.75) is 47.1 Å². The summed E-state index contributed by atoms with van der Waals surface area (Å²) in [5.74, 6) is 0.558. The monoisotopic (exact) mass is 238 g/mol. The van der Waals surface area contributed by atoms with Crippen molar-refractivity contribution in [3.63, 3.8) is 0 Å². The minimum atomic E-state index is -0.0630. The van der Waals surface area contributed by atoms with Crippen LogP contribution in [0.4, 0.5) is 4.39 Å². The van der Waals surface area contributed by atoms with E-state index in [2.05, 4.69) is 13.8 Å². The quantitative estimate of drug-likeness (QED) is 0.703. The largest absolute Gasteiger partial charge is 0.376 e. The molecule has 0 aliphatic carbocycles. The first kappa shape index (κ1) is 14.2. The van der Waals surface area contributed by atoms with Crippen LogP contribution in [0.15, 0.2) is 12.1 Å². The number of fused-ring (bicyclic) bond motifs is 1. The Bertz CT molecular complexity index is 371. The summed E-state index contributed by atoms with van der Waals surface area (Å²) in [7, 11) is 0. The van der Waals surface area contributed by atoms with Crippen molar-refractivity contribution in [2.75, 3.05) is 6.61 Å². The topological polar surface area (TPSA) is 9.23 Å². The Labute approximate surface area is 104 Å². The first-order valence-electron chi connectivity index (χ1n) is 6.46. The number of benzene rings is 1. The molecule has 1 aliphatic rings. The van der Waals surface area contributed by atoms with Gasteiger partial charge < -0.3 is 4.74 Å². The van der Waals surface area contributed by atoms with Crippen molar-refractivity contribution in [1.29, 1.82) is 0 Å². The molecule has 1 unspecified atom stereocenters. The van der Waals surface area contributed by atoms with Crippen molar-refractivity contribution in [1.82, 2.24) is 0 Å². The van der Waals surface area contributed by atoms with E-state index in [0.29, 0.717) is 19.1 Å². The van der Waals surface area contributed by atoms with Crippen molar-refractivity contribution in [2.24, 2.45) is 5.92 Å². The van der Waals surface area contributed by atoms with E-state index in [1.807, 2.05) is 26.8 Å². The summed E-state index contributed by atoms with van der Waals surface area (Å²) >= 11 is 0. The Balaban J connectivity index is 0.000000686. The average molecular weight is 238 g/mol. The molecule has 96 valence electrons. The predicted octanol–water partition coefficient (Wildman–Crippen LogP) is 4.43. The standard InChI is InChI=1S/C13H17FO.C2H6/c1-8(2)11-7-15-6-10-4-9(3)5-12(14)13(10)11;1-2/h4-5,8,11H,6-7H2,1-3H3;1-2H3. The van der Waals surface area contributed by atoms with Gasteiger partial charge in [-0.1, -0.05) is 33.8 Å². The molecule has 1 aromatic rings. The van der Waals surface area contributed by atoms with E-state index in [0.717, 1.165) is 16.7 Å². The molecule has 0 aromatic heterocycles. The predicted molar refractivity (Wildman–Crippen MR) is 69.7 cm³/mol. The second-order valence-electron chi connectivity index (χ2n) is 4.69. The molecule has 0 N–H and O–H groups in total. The van der Waals surface area contributed by atoms with Gasteiger partial charge in [-0.3, -0.25) is 0 Å². The van der Waals surface area contributed by atoms with Gasteiger partial charge in [0.25, 0.3) is 0 Å². The minimum Gasteiger partial charge on any atom is -0.376 e. The van der Waals surface area contributed by atoms with E-state index in [9.17, 15) is 4.39 Å². The zero-order valence-corrected chi connectivity index (χ0v) is 11.5. The van der Waals surface area contributed by atoms with Gasteiger partial charge in [0, 0.05) is 5.92 Å². The molecule has 2 heteroatoms. The van der Waals surface area contributed by atoms with Gasteiger partial charge in [-0.2, -0.15) is 0 Å². The lowest BCUT2D eigenvalue weighted by molar-refractivity contribution is 0.0773. The van der Waals surface area contributed by atoms with E-state index in [1.54, 1.807) is 6.07 Å². The molecule has 0 saturated heterocycles. The Kier molecular flexibility index (Phi) is 5.13. The second-order valence-corrected chi connectivity index (χ2v) is 4.69. The van der Waals surface area contributed by atoms with E-state index < -0.39 is 0 Å². The smallest absolute Gasteiger partial charge is 0.127 e. The van der Waals surface area contributed by atoms with Crippen LogP contribution in [0.2, 0.25) is 0 Å². The Morgan fingerprint density at radius 2 is 1.94 bits per heavy atom. The molecule has 0 radical (unpaired) electrons. The molecule has 0 fully saturated rings. The van der Waals surface area contributed by atoms with Gasteiger partial charge in [-0.15, -0.1) is 0 Å². The third-order valence-corrected chi connectivity index (χ3v) is 3.09. The first-order chi connectivity index (χ1) is 8.09. The average Bonchev–Trinajstić information content (AvgIpc) is 2.30. The molecule has 2 rings (SSSR count). The SMILES string of the molecule is CC.Cc1cc(F)c2c(c1)COCC2C(C)C. The summed E-state index contributed by atoms with van der Waals surface area (Å²) < 4.78 is 19.4. The molecule has 0 spiro atoms. The van der Waals surface area contributed by atoms with Crippen LogP contribution in [0.1, 0.15) is 50.3 Å². The van der Waals surface area contributed by atoms with Gasteiger partial charge >= 0.3 is 0 Å². The van der Waals surface area contributed by atoms with Crippen LogP contribution in [-0.4, -0.2) is 6.61 Å². The molecule has 1 nitrogen and oxygen atoms in total. The normalized spacial score (nSPS) is 18.4. The Morgan fingerprint density at radius 1 is 1.29 bits per heavy atom. The lowest BCUT2D eigenvalue weighted by atomic mass is 9.84. The van der Waals surface area contributed by atoms with Crippen LogP contribution in [-0.2, 0) is 11.3 Å². The van der Waals surface area contributed by atoms with Gasteiger partial charge in [0.15, 0.2) is 0 Å². The zero-order chi connectivity index (χ0) is 13.0. The van der Waals surface area contributed by atoms with E-state index >= 15 is 0 Å². The molecule has 1 aromatic carbocycles. The van der Waals surface area contributed by atoms with Gasteiger partial charge in [0.05, 0.1) is 13.2 Å². The van der Waals surface area contributed by atoms with Crippen LogP contribution in [0.5, 0.6) is 0 Å². The first-order valence-corrected chi connectivity index (χ1v) is 6.46. The molecule has 1 heterocycles. The fraction of sp³-hybridized carbons (Fsp3) is 0.600. The number of hydrogen-bond acceptors (Lipinski definition) is 1. The molecule has 1 aliphatic heterocycles. The number of aryl methyl sites for hydroxylation is 1. The summed E-state index contributed by atoms with van der Waals surface area (Å²) in [5, 5.41) is 0. The molecule has 0 amide bonds.